The average molecular weight is 129 g/mol. The van der Waals surface area contributed by atoms with E-state index in [0.29, 0.717) is 6.54 Å². The van der Waals surface area contributed by atoms with Crippen molar-refractivity contribution in [2.75, 3.05) is 6.54 Å². The second-order valence-corrected chi connectivity index (χ2v) is 2.01. The van der Waals surface area contributed by atoms with E-state index in [1.54, 1.807) is 6.26 Å². The van der Waals surface area contributed by atoms with Crippen molar-refractivity contribution in [2.24, 2.45) is 5.73 Å². The molecule has 1 heterocycles. The molecular formula is C5H7NOS. The van der Waals surface area contributed by atoms with Gasteiger partial charge in [0.25, 0.3) is 0 Å². The lowest BCUT2D eigenvalue weighted by Gasteiger charge is -2.01. The van der Waals surface area contributed by atoms with Crippen LogP contribution < -0.4 is 5.73 Å². The van der Waals surface area contributed by atoms with Gasteiger partial charge in [-0.25, -0.2) is 0 Å². The molecule has 2 nitrogen and oxygen atoms in total. The first kappa shape index (κ1) is 5.72. The number of hydrogen-bond donors (Lipinski definition) is 1. The van der Waals surface area contributed by atoms with Gasteiger partial charge in [-0.1, -0.05) is 0 Å². The fraction of sp³-hybridized carbons (Fsp3) is 0.200. The lowest BCUT2D eigenvalue weighted by molar-refractivity contribution is 0.567. The molecule has 0 aromatic rings. The minimum Gasteiger partial charge on any atom is -0.429 e. The van der Waals surface area contributed by atoms with Crippen molar-refractivity contribution >= 4 is 12.0 Å². The van der Waals surface area contributed by atoms with Gasteiger partial charge in [-0.15, -0.1) is 0 Å². The Morgan fingerprint density at radius 1 is 1.75 bits per heavy atom. The van der Waals surface area contributed by atoms with Gasteiger partial charge >= 0.3 is 0 Å². The number of rotatable bonds is 1. The summed E-state index contributed by atoms with van der Waals surface area (Å²) < 4.78 is 4.81. The lowest BCUT2D eigenvalue weighted by atomic mass is 10.3. The summed E-state index contributed by atoms with van der Waals surface area (Å²) in [5, 5.41) is 1.89. The molecule has 0 aliphatic carbocycles. The summed E-state index contributed by atoms with van der Waals surface area (Å²) in [6.45, 7) is 0.590. The van der Waals surface area contributed by atoms with Gasteiger partial charge in [0, 0.05) is 12.0 Å². The summed E-state index contributed by atoms with van der Waals surface area (Å²) in [4.78, 5) is 0. The maximum atomic E-state index is 5.31. The molecular weight excluding hydrogens is 122 g/mol. The Bertz CT molecular complexity index is 130. The highest BCUT2D eigenvalue weighted by atomic mass is 32.2. The zero-order valence-electron chi connectivity index (χ0n) is 4.33. The molecule has 0 saturated carbocycles. The Balaban J connectivity index is 2.51. The van der Waals surface area contributed by atoms with Crippen LogP contribution in [0.4, 0.5) is 0 Å². The van der Waals surface area contributed by atoms with Gasteiger partial charge in [0.05, 0.1) is 12.0 Å². The molecule has 44 valence electrons. The van der Waals surface area contributed by atoms with E-state index >= 15 is 0 Å². The van der Waals surface area contributed by atoms with E-state index < -0.39 is 0 Å². The second-order valence-electron chi connectivity index (χ2n) is 1.39. The predicted octanol–water partition coefficient (Wildman–Crippen LogP) is 1.02. The Hall–Kier alpha value is -0.410. The molecule has 1 aliphatic heterocycles. The smallest absolute Gasteiger partial charge is 0.102 e. The summed E-state index contributed by atoms with van der Waals surface area (Å²) in [6, 6.07) is 0. The topological polar surface area (TPSA) is 35.2 Å². The molecule has 0 spiro atoms. The van der Waals surface area contributed by atoms with Crippen LogP contribution in [0.15, 0.2) is 23.3 Å². The molecule has 0 atom stereocenters. The summed E-state index contributed by atoms with van der Waals surface area (Å²) in [6.07, 6.45) is 3.49. The van der Waals surface area contributed by atoms with Crippen LogP contribution in [-0.2, 0) is 4.18 Å². The Morgan fingerprint density at radius 2 is 2.62 bits per heavy atom. The van der Waals surface area contributed by atoms with Crippen molar-refractivity contribution in [2.45, 2.75) is 0 Å². The molecule has 8 heavy (non-hydrogen) atoms. The molecule has 0 unspecified atom stereocenters. The van der Waals surface area contributed by atoms with Crippen molar-refractivity contribution in [3.63, 3.8) is 0 Å². The molecule has 1 rings (SSSR count). The van der Waals surface area contributed by atoms with E-state index in [1.165, 1.54) is 12.0 Å². The first-order chi connectivity index (χ1) is 3.93. The van der Waals surface area contributed by atoms with Crippen LogP contribution in [0.5, 0.6) is 0 Å². The van der Waals surface area contributed by atoms with Gasteiger partial charge in [0.1, 0.15) is 6.26 Å². The van der Waals surface area contributed by atoms with Crippen molar-refractivity contribution in [3.8, 4) is 0 Å². The summed E-state index contributed by atoms with van der Waals surface area (Å²) in [5.74, 6) is 0. The normalized spacial score (nSPS) is 17.4. The van der Waals surface area contributed by atoms with Crippen LogP contribution in [0.1, 0.15) is 0 Å². The molecule has 0 fully saturated rings. The van der Waals surface area contributed by atoms with E-state index in [-0.39, 0.29) is 0 Å². The van der Waals surface area contributed by atoms with Gasteiger partial charge in [0.15, 0.2) is 0 Å². The Labute approximate surface area is 52.6 Å². The van der Waals surface area contributed by atoms with E-state index in [0.717, 1.165) is 5.57 Å². The lowest BCUT2D eigenvalue weighted by Crippen LogP contribution is -2.01. The van der Waals surface area contributed by atoms with Gasteiger partial charge in [-0.05, 0) is 11.6 Å². The number of hydrogen-bond acceptors (Lipinski definition) is 3. The van der Waals surface area contributed by atoms with Gasteiger partial charge in [-0.2, -0.15) is 0 Å². The third-order valence-electron chi connectivity index (χ3n) is 0.828. The highest BCUT2D eigenvalue weighted by Crippen LogP contribution is 2.14. The van der Waals surface area contributed by atoms with Gasteiger partial charge < -0.3 is 9.92 Å². The molecule has 1 aliphatic rings. The summed E-state index contributed by atoms with van der Waals surface area (Å²) in [5.41, 5.74) is 6.43. The fourth-order valence-electron chi connectivity index (χ4n) is 0.392. The average Bonchev–Trinajstić information content (AvgIpc) is 1.90. The molecule has 3 heteroatoms. The monoisotopic (exact) mass is 129 g/mol. The third kappa shape index (κ3) is 1.28. The van der Waals surface area contributed by atoms with Crippen molar-refractivity contribution in [1.29, 1.82) is 0 Å². The summed E-state index contributed by atoms with van der Waals surface area (Å²) in [7, 11) is 0. The maximum absolute atomic E-state index is 5.31. The largest absolute Gasteiger partial charge is 0.429 e. The first-order valence-electron chi connectivity index (χ1n) is 2.31. The standard InChI is InChI=1S/C5H7NOS/c6-3-5-1-2-7-8-4-5/h1-2,4H,3,6H2. The highest BCUT2D eigenvalue weighted by molar-refractivity contribution is 7.97. The van der Waals surface area contributed by atoms with Crippen LogP contribution in [0.2, 0.25) is 0 Å². The van der Waals surface area contributed by atoms with Crippen molar-refractivity contribution in [1.82, 2.24) is 0 Å². The van der Waals surface area contributed by atoms with Crippen LogP contribution in [0, 0.1) is 0 Å². The van der Waals surface area contributed by atoms with Crippen LogP contribution in [0.3, 0.4) is 0 Å². The van der Waals surface area contributed by atoms with E-state index in [4.69, 9.17) is 9.92 Å². The van der Waals surface area contributed by atoms with E-state index in [2.05, 4.69) is 0 Å². The fourth-order valence-corrected chi connectivity index (χ4v) is 0.866. The predicted molar refractivity (Wildman–Crippen MR) is 35.0 cm³/mol. The maximum Gasteiger partial charge on any atom is 0.102 e. The van der Waals surface area contributed by atoms with Crippen LogP contribution in [-0.4, -0.2) is 6.54 Å². The minimum absolute atomic E-state index is 0.590. The van der Waals surface area contributed by atoms with Crippen molar-refractivity contribution < 1.29 is 4.18 Å². The first-order valence-corrected chi connectivity index (χ1v) is 3.12. The SMILES string of the molecule is NCC1=CSOC=C1. The minimum atomic E-state index is 0.590. The van der Waals surface area contributed by atoms with Crippen molar-refractivity contribution in [3.05, 3.63) is 23.3 Å². The van der Waals surface area contributed by atoms with E-state index in [9.17, 15) is 0 Å². The second kappa shape index (κ2) is 2.79. The van der Waals surface area contributed by atoms with Gasteiger partial charge in [-0.3, -0.25) is 0 Å². The molecule has 0 amide bonds. The van der Waals surface area contributed by atoms with Crippen LogP contribution in [0.25, 0.3) is 0 Å². The zero-order valence-corrected chi connectivity index (χ0v) is 5.15. The molecule has 2 N–H and O–H groups in total. The molecule has 0 saturated heterocycles. The molecule has 0 radical (unpaired) electrons. The quantitative estimate of drug-likeness (QED) is 0.537. The summed E-state index contributed by atoms with van der Waals surface area (Å²) >= 11 is 1.30. The van der Waals surface area contributed by atoms with E-state index in [1.807, 2.05) is 11.5 Å². The highest BCUT2D eigenvalue weighted by Gasteiger charge is 1.92. The third-order valence-corrected chi connectivity index (χ3v) is 1.45. The molecule has 0 bridgehead atoms. The Morgan fingerprint density at radius 3 is 3.00 bits per heavy atom. The molecule has 0 aromatic heterocycles. The van der Waals surface area contributed by atoms with Gasteiger partial charge in [0.2, 0.25) is 0 Å². The van der Waals surface area contributed by atoms with Crippen LogP contribution >= 0.6 is 12.0 Å². The zero-order chi connectivity index (χ0) is 5.82. The Kier molecular flexibility index (Phi) is 2.00. The number of nitrogens with two attached hydrogens (primary N) is 1. The molecule has 0 aromatic carbocycles.